The number of carbonyl (C=O) groups is 1. The monoisotopic (exact) mass is 322 g/mol. The number of phenolic OH excluding ortho intramolecular Hbond substituents is 1. The summed E-state index contributed by atoms with van der Waals surface area (Å²) < 4.78 is 6.05. The molecule has 0 spiro atoms. The summed E-state index contributed by atoms with van der Waals surface area (Å²) in [5, 5.41) is 19.2. The quantitative estimate of drug-likeness (QED) is 0.565. The third-order valence-corrected chi connectivity index (χ3v) is 4.29. The molecule has 4 nitrogen and oxygen atoms in total. The Morgan fingerprint density at radius 1 is 1.13 bits per heavy atom. The molecule has 2 N–H and O–H groups in total. The van der Waals surface area contributed by atoms with Gasteiger partial charge in [0.2, 0.25) is 0 Å². The molecule has 0 aliphatic rings. The highest BCUT2D eigenvalue weighted by Gasteiger charge is 2.25. The Balaban J connectivity index is 2.87. The van der Waals surface area contributed by atoms with E-state index in [0.29, 0.717) is 12.2 Å². The van der Waals surface area contributed by atoms with Gasteiger partial charge in [0.1, 0.15) is 5.75 Å². The van der Waals surface area contributed by atoms with E-state index in [1.807, 2.05) is 6.92 Å². The SMILES string of the molecule is CCCCCCOC(CC)C(CC)c1cc(O)ccc1C(=O)O. The van der Waals surface area contributed by atoms with E-state index in [-0.39, 0.29) is 23.3 Å². The Morgan fingerprint density at radius 3 is 2.43 bits per heavy atom. The Hall–Kier alpha value is -1.55. The van der Waals surface area contributed by atoms with Crippen molar-refractivity contribution in [3.8, 4) is 5.75 Å². The zero-order valence-corrected chi connectivity index (χ0v) is 14.5. The van der Waals surface area contributed by atoms with Crippen LogP contribution in [0.15, 0.2) is 18.2 Å². The normalized spacial score (nSPS) is 13.7. The molecule has 1 aromatic carbocycles. The summed E-state index contributed by atoms with van der Waals surface area (Å²) in [5.74, 6) is -0.887. The Labute approximate surface area is 139 Å². The van der Waals surface area contributed by atoms with Gasteiger partial charge in [0, 0.05) is 12.5 Å². The van der Waals surface area contributed by atoms with Gasteiger partial charge in [-0.15, -0.1) is 0 Å². The van der Waals surface area contributed by atoms with Crippen molar-refractivity contribution in [2.75, 3.05) is 6.61 Å². The van der Waals surface area contributed by atoms with Crippen molar-refractivity contribution in [2.45, 2.75) is 71.3 Å². The molecule has 0 saturated carbocycles. The molecule has 2 atom stereocenters. The van der Waals surface area contributed by atoms with Gasteiger partial charge in [0.05, 0.1) is 11.7 Å². The van der Waals surface area contributed by atoms with E-state index < -0.39 is 5.97 Å². The summed E-state index contributed by atoms with van der Waals surface area (Å²) in [6, 6.07) is 4.47. The molecule has 0 heterocycles. The number of carboxylic acid groups (broad SMARTS) is 1. The van der Waals surface area contributed by atoms with Gasteiger partial charge in [-0.25, -0.2) is 4.79 Å². The van der Waals surface area contributed by atoms with Crippen molar-refractivity contribution in [1.82, 2.24) is 0 Å². The number of hydrogen-bond acceptors (Lipinski definition) is 3. The van der Waals surface area contributed by atoms with Crippen molar-refractivity contribution in [1.29, 1.82) is 0 Å². The number of phenols is 1. The number of aromatic hydroxyl groups is 1. The lowest BCUT2D eigenvalue weighted by atomic mass is 9.86. The van der Waals surface area contributed by atoms with Gasteiger partial charge in [0.15, 0.2) is 0 Å². The number of hydrogen-bond donors (Lipinski definition) is 2. The maximum absolute atomic E-state index is 11.5. The zero-order valence-electron chi connectivity index (χ0n) is 14.5. The smallest absolute Gasteiger partial charge is 0.335 e. The van der Waals surface area contributed by atoms with E-state index in [1.54, 1.807) is 6.07 Å². The molecule has 1 aromatic rings. The maximum atomic E-state index is 11.5. The van der Waals surface area contributed by atoms with Crippen LogP contribution in [-0.2, 0) is 4.74 Å². The minimum atomic E-state index is -0.962. The Bertz CT molecular complexity index is 484. The first-order chi connectivity index (χ1) is 11.0. The molecule has 0 aliphatic carbocycles. The third-order valence-electron chi connectivity index (χ3n) is 4.29. The van der Waals surface area contributed by atoms with Gasteiger partial charge in [-0.05, 0) is 43.0 Å². The highest BCUT2D eigenvalue weighted by Crippen LogP contribution is 2.32. The average molecular weight is 322 g/mol. The van der Waals surface area contributed by atoms with E-state index in [1.165, 1.54) is 25.0 Å². The summed E-state index contributed by atoms with van der Waals surface area (Å²) in [7, 11) is 0. The van der Waals surface area contributed by atoms with Crippen molar-refractivity contribution in [2.24, 2.45) is 0 Å². The molecular formula is C19H30O4. The van der Waals surface area contributed by atoms with Crippen LogP contribution in [0.2, 0.25) is 0 Å². The Kier molecular flexibility index (Phi) is 8.70. The second-order valence-electron chi connectivity index (χ2n) is 5.97. The van der Waals surface area contributed by atoms with Crippen molar-refractivity contribution in [3.63, 3.8) is 0 Å². The van der Waals surface area contributed by atoms with Crippen LogP contribution in [0.1, 0.15) is 81.1 Å². The summed E-state index contributed by atoms with van der Waals surface area (Å²) >= 11 is 0. The van der Waals surface area contributed by atoms with Crippen LogP contribution in [0, 0.1) is 0 Å². The summed E-state index contributed by atoms with van der Waals surface area (Å²) in [5.41, 5.74) is 0.920. The first kappa shape index (κ1) is 19.5. The fourth-order valence-electron chi connectivity index (χ4n) is 3.02. The van der Waals surface area contributed by atoms with Crippen molar-refractivity contribution < 1.29 is 19.7 Å². The highest BCUT2D eigenvalue weighted by molar-refractivity contribution is 5.89. The lowest BCUT2D eigenvalue weighted by Crippen LogP contribution is -2.24. The molecule has 0 saturated heterocycles. The van der Waals surface area contributed by atoms with Crippen LogP contribution in [0.5, 0.6) is 5.75 Å². The van der Waals surface area contributed by atoms with Gasteiger partial charge >= 0.3 is 5.97 Å². The number of carboxylic acids is 1. The van der Waals surface area contributed by atoms with Crippen LogP contribution in [-0.4, -0.2) is 28.9 Å². The summed E-state index contributed by atoms with van der Waals surface area (Å²) in [4.78, 5) is 11.5. The van der Waals surface area contributed by atoms with Crippen LogP contribution in [0.25, 0.3) is 0 Å². The molecule has 1 rings (SSSR count). The molecular weight excluding hydrogens is 292 g/mol. The topological polar surface area (TPSA) is 66.8 Å². The maximum Gasteiger partial charge on any atom is 0.335 e. The lowest BCUT2D eigenvalue weighted by molar-refractivity contribution is 0.0278. The molecule has 0 radical (unpaired) electrons. The van der Waals surface area contributed by atoms with Crippen molar-refractivity contribution >= 4 is 5.97 Å². The second-order valence-corrected chi connectivity index (χ2v) is 5.97. The van der Waals surface area contributed by atoms with E-state index >= 15 is 0 Å². The van der Waals surface area contributed by atoms with Crippen LogP contribution < -0.4 is 0 Å². The molecule has 4 heteroatoms. The number of ether oxygens (including phenoxy) is 1. The summed E-state index contributed by atoms with van der Waals surface area (Å²) in [6.45, 7) is 6.97. The largest absolute Gasteiger partial charge is 0.508 e. The van der Waals surface area contributed by atoms with Gasteiger partial charge in [-0.2, -0.15) is 0 Å². The molecule has 2 unspecified atom stereocenters. The van der Waals surface area contributed by atoms with Gasteiger partial charge < -0.3 is 14.9 Å². The fraction of sp³-hybridized carbons (Fsp3) is 0.632. The fourth-order valence-corrected chi connectivity index (χ4v) is 3.02. The minimum absolute atomic E-state index is 0.0237. The Morgan fingerprint density at radius 2 is 1.87 bits per heavy atom. The molecule has 23 heavy (non-hydrogen) atoms. The van der Waals surface area contributed by atoms with Crippen LogP contribution in [0.4, 0.5) is 0 Å². The first-order valence-corrected chi connectivity index (χ1v) is 8.72. The predicted molar refractivity (Wildman–Crippen MR) is 92.3 cm³/mol. The molecule has 0 bridgehead atoms. The van der Waals surface area contributed by atoms with Crippen LogP contribution in [0.3, 0.4) is 0 Å². The molecule has 0 amide bonds. The standard InChI is InChI=1S/C19H30O4/c1-4-7-8-9-12-23-18(6-3)15(5-2)17-13-14(20)10-11-16(17)19(21)22/h10-11,13,15,18,20H,4-9,12H2,1-3H3,(H,21,22). The number of rotatable bonds is 11. The number of benzene rings is 1. The zero-order chi connectivity index (χ0) is 17.2. The van der Waals surface area contributed by atoms with Gasteiger partial charge in [-0.3, -0.25) is 0 Å². The molecule has 0 fully saturated rings. The first-order valence-electron chi connectivity index (χ1n) is 8.72. The third kappa shape index (κ3) is 5.87. The second kappa shape index (κ2) is 10.3. The molecule has 130 valence electrons. The van der Waals surface area contributed by atoms with E-state index in [2.05, 4.69) is 13.8 Å². The van der Waals surface area contributed by atoms with Crippen molar-refractivity contribution in [3.05, 3.63) is 29.3 Å². The van der Waals surface area contributed by atoms with Gasteiger partial charge in [0.25, 0.3) is 0 Å². The van der Waals surface area contributed by atoms with E-state index in [0.717, 1.165) is 25.7 Å². The summed E-state index contributed by atoms with van der Waals surface area (Å²) in [6.07, 6.45) is 6.18. The van der Waals surface area contributed by atoms with E-state index in [4.69, 9.17) is 4.74 Å². The lowest BCUT2D eigenvalue weighted by Gasteiger charge is -2.27. The van der Waals surface area contributed by atoms with E-state index in [9.17, 15) is 15.0 Å². The minimum Gasteiger partial charge on any atom is -0.508 e. The highest BCUT2D eigenvalue weighted by atomic mass is 16.5. The predicted octanol–water partition coefficient (Wildman–Crippen LogP) is 4.96. The average Bonchev–Trinajstić information content (AvgIpc) is 2.53. The molecule has 0 aromatic heterocycles. The number of unbranched alkanes of at least 4 members (excludes halogenated alkanes) is 3. The van der Waals surface area contributed by atoms with Gasteiger partial charge in [-0.1, -0.05) is 40.0 Å². The van der Waals surface area contributed by atoms with Crippen LogP contribution >= 0.6 is 0 Å². The number of aromatic carboxylic acids is 1. The molecule has 0 aliphatic heterocycles.